The molecule has 2 heterocycles. The molecule has 0 bridgehead atoms. The van der Waals surface area contributed by atoms with Gasteiger partial charge in [-0.25, -0.2) is 0 Å². The van der Waals surface area contributed by atoms with Crippen molar-refractivity contribution in [3.8, 4) is 0 Å². The van der Waals surface area contributed by atoms with Crippen LogP contribution in [-0.4, -0.2) is 16.3 Å². The first-order valence-electron chi connectivity index (χ1n) is 7.00. The van der Waals surface area contributed by atoms with Crippen LogP contribution < -0.4 is 5.32 Å². The van der Waals surface area contributed by atoms with E-state index in [0.29, 0.717) is 0 Å². The van der Waals surface area contributed by atoms with Crippen LogP contribution in [0.3, 0.4) is 0 Å². The lowest BCUT2D eigenvalue weighted by molar-refractivity contribution is 0.399. The minimum Gasteiger partial charge on any atom is -0.466 e. The van der Waals surface area contributed by atoms with E-state index in [1.54, 1.807) is 6.26 Å². The van der Waals surface area contributed by atoms with Crippen molar-refractivity contribution >= 4 is 15.9 Å². The molecule has 0 fully saturated rings. The molecule has 0 saturated carbocycles. The fourth-order valence-electron chi connectivity index (χ4n) is 2.59. The van der Waals surface area contributed by atoms with E-state index in [2.05, 4.69) is 47.1 Å². The van der Waals surface area contributed by atoms with Gasteiger partial charge in [0.1, 0.15) is 5.76 Å². The molecule has 4 nitrogen and oxygen atoms in total. The number of nitrogens with zero attached hydrogens (tertiary/aromatic N) is 2. The van der Waals surface area contributed by atoms with Gasteiger partial charge in [-0.15, -0.1) is 0 Å². The highest BCUT2D eigenvalue weighted by Crippen LogP contribution is 2.28. The third-order valence-electron chi connectivity index (χ3n) is 3.75. The molecule has 2 aromatic heterocycles. The topological polar surface area (TPSA) is 43.0 Å². The Morgan fingerprint density at radius 1 is 1.45 bits per heavy atom. The smallest absolute Gasteiger partial charge is 0.134 e. The Morgan fingerprint density at radius 3 is 2.70 bits per heavy atom. The molecule has 0 radical (unpaired) electrons. The highest BCUT2D eigenvalue weighted by molar-refractivity contribution is 9.10. The zero-order valence-electron chi connectivity index (χ0n) is 12.5. The second-order valence-corrected chi connectivity index (χ2v) is 5.91. The standard InChI is InChI=1S/C15H22BrN3O/c1-5-17-14(15-13(16)8-9-20-15)7-6-12-10(2)18-19(4)11(12)3/h8-9,14,17H,5-7H2,1-4H3. The van der Waals surface area contributed by atoms with E-state index >= 15 is 0 Å². The van der Waals surface area contributed by atoms with E-state index in [9.17, 15) is 0 Å². The molecule has 0 spiro atoms. The minimum atomic E-state index is 0.225. The average molecular weight is 340 g/mol. The predicted octanol–water partition coefficient (Wildman–Crippen LogP) is 3.68. The van der Waals surface area contributed by atoms with Gasteiger partial charge in [-0.3, -0.25) is 4.68 Å². The second kappa shape index (κ2) is 6.59. The molecular weight excluding hydrogens is 318 g/mol. The highest BCUT2D eigenvalue weighted by atomic mass is 79.9. The number of halogens is 1. The molecule has 1 unspecified atom stereocenters. The van der Waals surface area contributed by atoms with E-state index in [0.717, 1.165) is 35.3 Å². The minimum absolute atomic E-state index is 0.225. The van der Waals surface area contributed by atoms with Gasteiger partial charge in [0.2, 0.25) is 0 Å². The molecule has 1 atom stereocenters. The average Bonchev–Trinajstić information content (AvgIpc) is 2.92. The van der Waals surface area contributed by atoms with Crippen LogP contribution in [0.5, 0.6) is 0 Å². The molecule has 0 saturated heterocycles. The van der Waals surface area contributed by atoms with E-state index in [1.807, 2.05) is 17.8 Å². The van der Waals surface area contributed by atoms with E-state index < -0.39 is 0 Å². The lowest BCUT2D eigenvalue weighted by Gasteiger charge is -2.16. The molecular formula is C15H22BrN3O. The molecule has 0 aliphatic carbocycles. The lowest BCUT2D eigenvalue weighted by Crippen LogP contribution is -2.21. The summed E-state index contributed by atoms with van der Waals surface area (Å²) in [6.07, 6.45) is 3.72. The van der Waals surface area contributed by atoms with Crippen molar-refractivity contribution in [2.75, 3.05) is 6.54 Å². The maximum Gasteiger partial charge on any atom is 0.134 e. The van der Waals surface area contributed by atoms with Crippen molar-refractivity contribution in [2.45, 2.75) is 39.7 Å². The fourth-order valence-corrected chi connectivity index (χ4v) is 3.07. The molecule has 0 aliphatic heterocycles. The summed E-state index contributed by atoms with van der Waals surface area (Å²) < 4.78 is 8.59. The van der Waals surface area contributed by atoms with Gasteiger partial charge in [0.25, 0.3) is 0 Å². The number of furan rings is 1. The molecule has 2 aromatic rings. The first-order valence-corrected chi connectivity index (χ1v) is 7.79. The molecule has 0 amide bonds. The Bertz CT molecular complexity index is 574. The zero-order valence-corrected chi connectivity index (χ0v) is 14.1. The summed E-state index contributed by atoms with van der Waals surface area (Å²) in [5.74, 6) is 0.978. The van der Waals surface area contributed by atoms with Crippen molar-refractivity contribution in [1.82, 2.24) is 15.1 Å². The van der Waals surface area contributed by atoms with Crippen molar-refractivity contribution in [1.29, 1.82) is 0 Å². The number of hydrogen-bond donors (Lipinski definition) is 1. The number of rotatable bonds is 6. The maximum absolute atomic E-state index is 5.60. The number of hydrogen-bond acceptors (Lipinski definition) is 3. The molecule has 20 heavy (non-hydrogen) atoms. The number of nitrogens with one attached hydrogen (secondary N) is 1. The van der Waals surface area contributed by atoms with Gasteiger partial charge in [0, 0.05) is 12.7 Å². The van der Waals surface area contributed by atoms with Crippen molar-refractivity contribution < 1.29 is 4.42 Å². The molecule has 1 N–H and O–H groups in total. The SMILES string of the molecule is CCNC(CCc1c(C)nn(C)c1C)c1occc1Br. The maximum atomic E-state index is 5.60. The van der Waals surface area contributed by atoms with Gasteiger partial charge >= 0.3 is 0 Å². The summed E-state index contributed by atoms with van der Waals surface area (Å²) in [7, 11) is 2.00. The molecule has 0 aliphatic rings. The van der Waals surface area contributed by atoms with E-state index in [1.165, 1.54) is 11.3 Å². The summed E-state index contributed by atoms with van der Waals surface area (Å²) >= 11 is 3.55. The predicted molar refractivity (Wildman–Crippen MR) is 83.8 cm³/mol. The van der Waals surface area contributed by atoms with Crippen LogP contribution in [0.15, 0.2) is 21.2 Å². The molecule has 2 rings (SSSR count). The Balaban J connectivity index is 2.12. The van der Waals surface area contributed by atoms with Crippen LogP contribution in [0.2, 0.25) is 0 Å². The Kier molecular flexibility index (Phi) is 5.05. The van der Waals surface area contributed by atoms with Gasteiger partial charge in [0.05, 0.1) is 22.5 Å². The Hall–Kier alpha value is -1.07. The molecule has 5 heteroatoms. The Labute approximate surface area is 128 Å². The van der Waals surface area contributed by atoms with Crippen LogP contribution in [0.25, 0.3) is 0 Å². The lowest BCUT2D eigenvalue weighted by atomic mass is 10.0. The van der Waals surface area contributed by atoms with E-state index in [4.69, 9.17) is 4.42 Å². The van der Waals surface area contributed by atoms with Crippen LogP contribution in [-0.2, 0) is 13.5 Å². The second-order valence-electron chi connectivity index (χ2n) is 5.05. The summed E-state index contributed by atoms with van der Waals surface area (Å²) in [4.78, 5) is 0. The van der Waals surface area contributed by atoms with Crippen LogP contribution in [0, 0.1) is 13.8 Å². The van der Waals surface area contributed by atoms with Gasteiger partial charge < -0.3 is 9.73 Å². The highest BCUT2D eigenvalue weighted by Gasteiger charge is 2.18. The van der Waals surface area contributed by atoms with Gasteiger partial charge in [-0.1, -0.05) is 6.92 Å². The third-order valence-corrected chi connectivity index (χ3v) is 4.41. The quantitative estimate of drug-likeness (QED) is 0.872. The third kappa shape index (κ3) is 3.15. The van der Waals surface area contributed by atoms with Crippen LogP contribution >= 0.6 is 15.9 Å². The van der Waals surface area contributed by atoms with Crippen molar-refractivity contribution in [3.63, 3.8) is 0 Å². The summed E-state index contributed by atoms with van der Waals surface area (Å²) in [6, 6.07) is 2.17. The number of aryl methyl sites for hydroxylation is 2. The first kappa shape index (κ1) is 15.3. The van der Waals surface area contributed by atoms with Gasteiger partial charge in [-0.2, -0.15) is 5.10 Å². The van der Waals surface area contributed by atoms with Gasteiger partial charge in [0.15, 0.2) is 0 Å². The van der Waals surface area contributed by atoms with E-state index in [-0.39, 0.29) is 6.04 Å². The Morgan fingerprint density at radius 2 is 2.20 bits per heavy atom. The molecule has 0 aromatic carbocycles. The first-order chi connectivity index (χ1) is 9.54. The monoisotopic (exact) mass is 339 g/mol. The normalized spacial score (nSPS) is 12.8. The van der Waals surface area contributed by atoms with Crippen LogP contribution in [0.1, 0.15) is 42.1 Å². The van der Waals surface area contributed by atoms with Crippen molar-refractivity contribution in [2.24, 2.45) is 7.05 Å². The van der Waals surface area contributed by atoms with Crippen molar-refractivity contribution in [3.05, 3.63) is 39.5 Å². The molecule has 110 valence electrons. The summed E-state index contributed by atoms with van der Waals surface area (Å²) in [5, 5.41) is 7.97. The summed E-state index contributed by atoms with van der Waals surface area (Å²) in [6.45, 7) is 7.24. The van der Waals surface area contributed by atoms with Crippen LogP contribution in [0.4, 0.5) is 0 Å². The fraction of sp³-hybridized carbons (Fsp3) is 0.533. The van der Waals surface area contributed by atoms with Gasteiger partial charge in [-0.05, 0) is 60.8 Å². The zero-order chi connectivity index (χ0) is 14.7. The summed E-state index contributed by atoms with van der Waals surface area (Å²) in [5.41, 5.74) is 3.72. The number of aromatic nitrogens is 2. The largest absolute Gasteiger partial charge is 0.466 e.